The molecule has 0 aliphatic heterocycles. The zero-order valence-corrected chi connectivity index (χ0v) is 6.56. The summed E-state index contributed by atoms with van der Waals surface area (Å²) in [5, 5.41) is 1.10. The van der Waals surface area contributed by atoms with Gasteiger partial charge < -0.3 is 10.7 Å². The smallest absolute Gasteiger partial charge is 0.124 e. The van der Waals surface area contributed by atoms with Crippen molar-refractivity contribution in [1.82, 2.24) is 9.97 Å². The number of nitrogens with zero attached hydrogens (tertiary/aromatic N) is 1. The van der Waals surface area contributed by atoms with Crippen LogP contribution in [0.25, 0.3) is 10.9 Å². The molecule has 0 radical (unpaired) electrons. The lowest BCUT2D eigenvalue weighted by atomic mass is 10.3. The van der Waals surface area contributed by atoms with Gasteiger partial charge in [0.15, 0.2) is 0 Å². The summed E-state index contributed by atoms with van der Waals surface area (Å²) in [7, 11) is 0. The van der Waals surface area contributed by atoms with Crippen LogP contribution in [0.1, 0.15) is 0 Å². The zero-order valence-electron chi connectivity index (χ0n) is 5.74. The number of hydrogen-bond acceptors (Lipinski definition) is 2. The first-order valence-electron chi connectivity index (χ1n) is 3.05. The average molecular weight is 170 g/mol. The molecule has 11 heavy (non-hydrogen) atoms. The summed E-state index contributed by atoms with van der Waals surface area (Å²) in [6, 6.07) is 3.80. The molecule has 2 aromatic rings. The Hall–Kier alpha value is -1.22. The second-order valence-electron chi connectivity index (χ2n) is 2.17. The van der Waals surface area contributed by atoms with Gasteiger partial charge in [-0.25, -0.2) is 4.98 Å². The minimum absolute atomic E-state index is 0. The number of aromatic nitrogens is 2. The van der Waals surface area contributed by atoms with Gasteiger partial charge in [-0.1, -0.05) is 0 Å². The van der Waals surface area contributed by atoms with E-state index in [2.05, 4.69) is 9.97 Å². The maximum atomic E-state index is 5.46. The highest BCUT2D eigenvalue weighted by Gasteiger charge is 1.92. The van der Waals surface area contributed by atoms with Gasteiger partial charge >= 0.3 is 0 Å². The van der Waals surface area contributed by atoms with Crippen LogP contribution < -0.4 is 5.73 Å². The van der Waals surface area contributed by atoms with Gasteiger partial charge in [0, 0.05) is 11.6 Å². The summed E-state index contributed by atoms with van der Waals surface area (Å²) in [6.07, 6.45) is 3.59. The molecule has 0 saturated heterocycles. The van der Waals surface area contributed by atoms with Crippen LogP contribution in [-0.4, -0.2) is 9.97 Å². The van der Waals surface area contributed by atoms with Gasteiger partial charge in [-0.2, -0.15) is 0 Å². The number of fused-ring (bicyclic) bond motifs is 1. The van der Waals surface area contributed by atoms with E-state index in [4.69, 9.17) is 5.73 Å². The van der Waals surface area contributed by atoms with Crippen molar-refractivity contribution in [3.8, 4) is 0 Å². The molecule has 0 spiro atoms. The molecular weight excluding hydrogens is 162 g/mol. The molecule has 3 nitrogen and oxygen atoms in total. The molecule has 2 rings (SSSR count). The van der Waals surface area contributed by atoms with E-state index in [9.17, 15) is 0 Å². The molecule has 3 N–H and O–H groups in total. The van der Waals surface area contributed by atoms with Gasteiger partial charge in [0.25, 0.3) is 0 Å². The summed E-state index contributed by atoms with van der Waals surface area (Å²) in [5.74, 6) is 0.562. The predicted octanol–water partition coefficient (Wildman–Crippen LogP) is 1.57. The lowest BCUT2D eigenvalue weighted by Crippen LogP contribution is -1.87. The summed E-state index contributed by atoms with van der Waals surface area (Å²) in [6.45, 7) is 0. The Morgan fingerprint density at radius 3 is 3.09 bits per heavy atom. The standard InChI is InChI=1S/C7H7N3.ClH/c8-7-3-5-1-2-9-6(5)4-10-7;/h1-4,9H,(H2,8,10);1H. The van der Waals surface area contributed by atoms with E-state index >= 15 is 0 Å². The number of nitrogen functional groups attached to an aromatic ring is 1. The lowest BCUT2D eigenvalue weighted by molar-refractivity contribution is 1.34. The Balaban J connectivity index is 0.000000605. The van der Waals surface area contributed by atoms with E-state index in [1.54, 1.807) is 6.20 Å². The third-order valence-corrected chi connectivity index (χ3v) is 1.46. The van der Waals surface area contributed by atoms with Gasteiger partial charge in [0.1, 0.15) is 5.82 Å². The predicted molar refractivity (Wildman–Crippen MR) is 47.8 cm³/mol. The number of hydrogen-bond donors (Lipinski definition) is 2. The van der Waals surface area contributed by atoms with E-state index in [1.807, 2.05) is 18.3 Å². The van der Waals surface area contributed by atoms with Crippen LogP contribution in [0.15, 0.2) is 24.5 Å². The fourth-order valence-electron chi connectivity index (χ4n) is 0.968. The van der Waals surface area contributed by atoms with Gasteiger partial charge in [-0.15, -0.1) is 12.4 Å². The molecule has 0 atom stereocenters. The molecule has 0 saturated carbocycles. The molecule has 4 heteroatoms. The first-order valence-corrected chi connectivity index (χ1v) is 3.05. The van der Waals surface area contributed by atoms with E-state index in [-0.39, 0.29) is 12.4 Å². The quantitative estimate of drug-likeness (QED) is 0.629. The van der Waals surface area contributed by atoms with Crippen LogP contribution in [0.4, 0.5) is 5.82 Å². The number of nitrogens with one attached hydrogen (secondary N) is 1. The Morgan fingerprint density at radius 2 is 2.27 bits per heavy atom. The van der Waals surface area contributed by atoms with Crippen LogP contribution in [0.3, 0.4) is 0 Å². The van der Waals surface area contributed by atoms with Crippen molar-refractivity contribution in [2.24, 2.45) is 0 Å². The zero-order chi connectivity index (χ0) is 6.97. The van der Waals surface area contributed by atoms with Crippen molar-refractivity contribution in [3.05, 3.63) is 24.5 Å². The number of rotatable bonds is 0. The van der Waals surface area contributed by atoms with Crippen LogP contribution in [-0.2, 0) is 0 Å². The second kappa shape index (κ2) is 2.80. The number of aromatic amines is 1. The third kappa shape index (κ3) is 1.28. The van der Waals surface area contributed by atoms with Crippen LogP contribution >= 0.6 is 12.4 Å². The molecule has 0 aliphatic rings. The average Bonchev–Trinajstić information content (AvgIpc) is 2.33. The molecule has 0 unspecified atom stereocenters. The fraction of sp³-hybridized carbons (Fsp3) is 0. The molecule has 2 aromatic heterocycles. The minimum atomic E-state index is 0. The van der Waals surface area contributed by atoms with Crippen molar-refractivity contribution in [2.75, 3.05) is 5.73 Å². The number of pyridine rings is 1. The first kappa shape index (κ1) is 7.88. The maximum absolute atomic E-state index is 5.46. The summed E-state index contributed by atoms with van der Waals surface area (Å²) in [5.41, 5.74) is 6.48. The van der Waals surface area contributed by atoms with E-state index in [1.165, 1.54) is 0 Å². The number of halogens is 1. The lowest BCUT2D eigenvalue weighted by Gasteiger charge is -1.89. The molecule has 0 bridgehead atoms. The highest BCUT2D eigenvalue weighted by molar-refractivity contribution is 5.85. The Morgan fingerprint density at radius 1 is 1.45 bits per heavy atom. The van der Waals surface area contributed by atoms with Crippen molar-refractivity contribution < 1.29 is 0 Å². The first-order chi connectivity index (χ1) is 4.86. The van der Waals surface area contributed by atoms with Crippen LogP contribution in [0.2, 0.25) is 0 Å². The van der Waals surface area contributed by atoms with E-state index in [0.717, 1.165) is 10.9 Å². The molecular formula is C7H8ClN3. The maximum Gasteiger partial charge on any atom is 0.124 e. The van der Waals surface area contributed by atoms with Crippen molar-refractivity contribution in [3.63, 3.8) is 0 Å². The third-order valence-electron chi connectivity index (χ3n) is 1.46. The van der Waals surface area contributed by atoms with Gasteiger partial charge in [0.05, 0.1) is 11.7 Å². The Labute approximate surface area is 70.0 Å². The molecule has 58 valence electrons. The highest BCUT2D eigenvalue weighted by Crippen LogP contribution is 2.11. The van der Waals surface area contributed by atoms with Crippen LogP contribution in [0.5, 0.6) is 0 Å². The summed E-state index contributed by atoms with van der Waals surface area (Å²) in [4.78, 5) is 6.95. The van der Waals surface area contributed by atoms with E-state index in [0.29, 0.717) is 5.82 Å². The normalized spacial score (nSPS) is 9.45. The van der Waals surface area contributed by atoms with Crippen molar-refractivity contribution in [2.45, 2.75) is 0 Å². The second-order valence-corrected chi connectivity index (χ2v) is 2.17. The van der Waals surface area contributed by atoms with Gasteiger partial charge in [-0.05, 0) is 12.1 Å². The monoisotopic (exact) mass is 169 g/mol. The van der Waals surface area contributed by atoms with Crippen molar-refractivity contribution >= 4 is 29.1 Å². The van der Waals surface area contributed by atoms with Gasteiger partial charge in [0.2, 0.25) is 0 Å². The number of anilines is 1. The number of nitrogens with two attached hydrogens (primary N) is 1. The Bertz CT molecular complexity index is 355. The molecule has 2 heterocycles. The fourth-order valence-corrected chi connectivity index (χ4v) is 0.968. The van der Waals surface area contributed by atoms with Crippen LogP contribution in [0, 0.1) is 0 Å². The van der Waals surface area contributed by atoms with E-state index < -0.39 is 0 Å². The molecule has 0 aromatic carbocycles. The van der Waals surface area contributed by atoms with Crippen molar-refractivity contribution in [1.29, 1.82) is 0 Å². The minimum Gasteiger partial charge on any atom is -0.384 e. The SMILES string of the molecule is Cl.Nc1cc2cc[nH]c2cn1. The highest BCUT2D eigenvalue weighted by atomic mass is 35.5. The Kier molecular flexibility index (Phi) is 2.01. The summed E-state index contributed by atoms with van der Waals surface area (Å²) >= 11 is 0. The number of H-pyrrole nitrogens is 1. The largest absolute Gasteiger partial charge is 0.384 e. The molecule has 0 fully saturated rings. The molecule has 0 amide bonds. The topological polar surface area (TPSA) is 54.7 Å². The molecule has 0 aliphatic carbocycles. The summed E-state index contributed by atoms with van der Waals surface area (Å²) < 4.78 is 0. The van der Waals surface area contributed by atoms with Gasteiger partial charge in [-0.3, -0.25) is 0 Å².